The Morgan fingerprint density at radius 1 is 1.29 bits per heavy atom. The molecule has 1 aromatic heterocycles. The Kier molecular flexibility index (Phi) is 4.07. The molecule has 2 N–H and O–H groups in total. The lowest BCUT2D eigenvalue weighted by Crippen LogP contribution is -2.31. The van der Waals surface area contributed by atoms with Crippen LogP contribution in [0.5, 0.6) is 0 Å². The van der Waals surface area contributed by atoms with Gasteiger partial charge in [0.15, 0.2) is 0 Å². The fraction of sp³-hybridized carbons (Fsp3) is 0.357. The van der Waals surface area contributed by atoms with Crippen LogP contribution in [0, 0.1) is 0 Å². The van der Waals surface area contributed by atoms with E-state index in [0.29, 0.717) is 0 Å². The van der Waals surface area contributed by atoms with Gasteiger partial charge in [-0.2, -0.15) is 0 Å². The number of aliphatic hydroxyl groups excluding tert-OH is 1. The average Bonchev–Trinajstić information content (AvgIpc) is 2.40. The number of nitrogens with zero attached hydrogens (tertiary/aromatic N) is 1. The largest absolute Gasteiger partial charge is 0.395 e. The van der Waals surface area contributed by atoms with Crippen LogP contribution in [0.25, 0.3) is 10.8 Å². The normalized spacial score (nSPS) is 12.8. The first kappa shape index (κ1) is 12.0. The molecule has 0 fully saturated rings. The second-order valence-electron chi connectivity index (χ2n) is 4.23. The topological polar surface area (TPSA) is 45.1 Å². The zero-order valence-corrected chi connectivity index (χ0v) is 10.1. The first-order valence-electron chi connectivity index (χ1n) is 6.00. The molecule has 0 aliphatic rings. The Morgan fingerprint density at radius 3 is 2.94 bits per heavy atom. The predicted molar refractivity (Wildman–Crippen MR) is 69.7 cm³/mol. The predicted octanol–water partition coefficient (Wildman–Crippen LogP) is 2.10. The maximum Gasteiger partial charge on any atom is 0.0584 e. The number of rotatable bonds is 5. The minimum atomic E-state index is 0.183. The number of fused-ring (bicyclic) bond motifs is 1. The molecule has 17 heavy (non-hydrogen) atoms. The van der Waals surface area contributed by atoms with E-state index in [2.05, 4.69) is 35.4 Å². The molecule has 0 saturated carbocycles. The zero-order chi connectivity index (χ0) is 12.1. The number of hydrogen-bond donors (Lipinski definition) is 2. The van der Waals surface area contributed by atoms with Crippen molar-refractivity contribution in [2.24, 2.45) is 0 Å². The summed E-state index contributed by atoms with van der Waals surface area (Å²) >= 11 is 0. The van der Waals surface area contributed by atoms with Gasteiger partial charge in [0.05, 0.1) is 6.61 Å². The molecular formula is C14H18N2O. The van der Waals surface area contributed by atoms with E-state index in [1.807, 2.05) is 18.5 Å². The second kappa shape index (κ2) is 5.75. The Bertz CT molecular complexity index is 480. The van der Waals surface area contributed by atoms with E-state index in [1.165, 1.54) is 10.9 Å². The van der Waals surface area contributed by atoms with Crippen molar-refractivity contribution in [1.29, 1.82) is 0 Å². The molecule has 0 bridgehead atoms. The molecule has 1 atom stereocenters. The maximum absolute atomic E-state index is 9.11. The van der Waals surface area contributed by atoms with E-state index >= 15 is 0 Å². The summed E-state index contributed by atoms with van der Waals surface area (Å²) in [6, 6.07) is 8.54. The molecule has 0 unspecified atom stereocenters. The molecule has 1 aromatic carbocycles. The van der Waals surface area contributed by atoms with Crippen LogP contribution in [0.15, 0.2) is 36.7 Å². The highest BCUT2D eigenvalue weighted by molar-refractivity contribution is 5.81. The molecule has 0 saturated heterocycles. The molecule has 2 aromatic rings. The van der Waals surface area contributed by atoms with Crippen LogP contribution < -0.4 is 5.32 Å². The van der Waals surface area contributed by atoms with Crippen molar-refractivity contribution in [3.63, 3.8) is 0 Å². The van der Waals surface area contributed by atoms with Crippen LogP contribution in [0.1, 0.15) is 18.9 Å². The smallest absolute Gasteiger partial charge is 0.0584 e. The fourth-order valence-electron chi connectivity index (χ4n) is 1.84. The van der Waals surface area contributed by atoms with Gasteiger partial charge in [-0.3, -0.25) is 4.98 Å². The molecule has 0 aliphatic carbocycles. The lowest BCUT2D eigenvalue weighted by Gasteiger charge is -2.14. The summed E-state index contributed by atoms with van der Waals surface area (Å²) in [5, 5.41) is 14.8. The van der Waals surface area contributed by atoms with Crippen molar-refractivity contribution in [1.82, 2.24) is 10.3 Å². The van der Waals surface area contributed by atoms with Crippen molar-refractivity contribution < 1.29 is 5.11 Å². The minimum absolute atomic E-state index is 0.183. The molecule has 0 radical (unpaired) electrons. The second-order valence-corrected chi connectivity index (χ2v) is 4.23. The van der Waals surface area contributed by atoms with E-state index in [0.717, 1.165) is 18.4 Å². The molecular weight excluding hydrogens is 212 g/mol. The van der Waals surface area contributed by atoms with Crippen LogP contribution in [-0.4, -0.2) is 22.7 Å². The third kappa shape index (κ3) is 3.02. The molecule has 1 heterocycles. The van der Waals surface area contributed by atoms with Gasteiger partial charge in [-0.05, 0) is 29.5 Å². The van der Waals surface area contributed by atoms with Crippen LogP contribution in [-0.2, 0) is 6.54 Å². The summed E-state index contributed by atoms with van der Waals surface area (Å²) in [6.07, 6.45) is 4.62. The first-order valence-corrected chi connectivity index (χ1v) is 6.00. The van der Waals surface area contributed by atoms with Crippen LogP contribution in [0.2, 0.25) is 0 Å². The van der Waals surface area contributed by atoms with E-state index in [1.54, 1.807) is 0 Å². The number of hydrogen-bond acceptors (Lipinski definition) is 3. The SMILES string of the molecule is CC[C@@H](CO)NCc1ccc2cnccc2c1. The Balaban J connectivity index is 2.09. The summed E-state index contributed by atoms with van der Waals surface area (Å²) in [5.74, 6) is 0. The molecule has 2 rings (SSSR count). The van der Waals surface area contributed by atoms with Crippen molar-refractivity contribution >= 4 is 10.8 Å². The van der Waals surface area contributed by atoms with E-state index in [-0.39, 0.29) is 12.6 Å². The molecule has 0 spiro atoms. The summed E-state index contributed by atoms with van der Waals surface area (Å²) in [5.41, 5.74) is 1.23. The summed E-state index contributed by atoms with van der Waals surface area (Å²) in [6.45, 7) is 3.05. The number of aliphatic hydroxyl groups is 1. The van der Waals surface area contributed by atoms with Crippen molar-refractivity contribution in [2.45, 2.75) is 25.9 Å². The van der Waals surface area contributed by atoms with Gasteiger partial charge < -0.3 is 10.4 Å². The Labute approximate surface area is 102 Å². The molecule has 3 nitrogen and oxygen atoms in total. The summed E-state index contributed by atoms with van der Waals surface area (Å²) in [7, 11) is 0. The van der Waals surface area contributed by atoms with Gasteiger partial charge in [-0.1, -0.05) is 19.1 Å². The quantitative estimate of drug-likeness (QED) is 0.826. The van der Waals surface area contributed by atoms with Gasteiger partial charge in [0.25, 0.3) is 0 Å². The van der Waals surface area contributed by atoms with Gasteiger partial charge in [0.1, 0.15) is 0 Å². The van der Waals surface area contributed by atoms with Gasteiger partial charge in [-0.25, -0.2) is 0 Å². The highest BCUT2D eigenvalue weighted by Crippen LogP contribution is 2.14. The van der Waals surface area contributed by atoms with Gasteiger partial charge in [-0.15, -0.1) is 0 Å². The summed E-state index contributed by atoms with van der Waals surface area (Å²) < 4.78 is 0. The number of nitrogens with one attached hydrogen (secondary N) is 1. The molecule has 3 heteroatoms. The Hall–Kier alpha value is -1.45. The first-order chi connectivity index (χ1) is 8.33. The maximum atomic E-state index is 9.11. The molecule has 0 aliphatic heterocycles. The van der Waals surface area contributed by atoms with Crippen molar-refractivity contribution in [2.75, 3.05) is 6.61 Å². The van der Waals surface area contributed by atoms with Crippen molar-refractivity contribution in [3.8, 4) is 0 Å². The molecule has 0 amide bonds. The van der Waals surface area contributed by atoms with Crippen LogP contribution in [0.3, 0.4) is 0 Å². The van der Waals surface area contributed by atoms with Gasteiger partial charge >= 0.3 is 0 Å². The van der Waals surface area contributed by atoms with Crippen molar-refractivity contribution in [3.05, 3.63) is 42.2 Å². The van der Waals surface area contributed by atoms with Gasteiger partial charge in [0.2, 0.25) is 0 Å². The highest BCUT2D eigenvalue weighted by Gasteiger charge is 2.03. The third-order valence-corrected chi connectivity index (χ3v) is 3.01. The number of aromatic nitrogens is 1. The van der Waals surface area contributed by atoms with E-state index in [9.17, 15) is 0 Å². The van der Waals surface area contributed by atoms with Crippen LogP contribution >= 0.6 is 0 Å². The number of benzene rings is 1. The minimum Gasteiger partial charge on any atom is -0.395 e. The standard InChI is InChI=1S/C14H18N2O/c1-2-14(10-17)16-8-11-3-4-13-9-15-6-5-12(13)7-11/h3-7,9,14,16-17H,2,8,10H2,1H3/t14-/m0/s1. The fourth-order valence-corrected chi connectivity index (χ4v) is 1.84. The Morgan fingerprint density at radius 2 is 2.18 bits per heavy atom. The average molecular weight is 230 g/mol. The van der Waals surface area contributed by atoms with E-state index < -0.39 is 0 Å². The summed E-state index contributed by atoms with van der Waals surface area (Å²) in [4.78, 5) is 4.09. The lowest BCUT2D eigenvalue weighted by molar-refractivity contribution is 0.238. The lowest BCUT2D eigenvalue weighted by atomic mass is 10.1. The zero-order valence-electron chi connectivity index (χ0n) is 10.1. The highest BCUT2D eigenvalue weighted by atomic mass is 16.3. The number of pyridine rings is 1. The van der Waals surface area contributed by atoms with Crippen LogP contribution in [0.4, 0.5) is 0 Å². The third-order valence-electron chi connectivity index (χ3n) is 3.01. The van der Waals surface area contributed by atoms with E-state index in [4.69, 9.17) is 5.11 Å². The molecule has 90 valence electrons. The van der Waals surface area contributed by atoms with Gasteiger partial charge in [0, 0.05) is 30.4 Å². The monoisotopic (exact) mass is 230 g/mol.